The summed E-state index contributed by atoms with van der Waals surface area (Å²) >= 11 is 0. The Hall–Kier alpha value is -1.62. The van der Waals surface area contributed by atoms with Gasteiger partial charge in [-0.25, -0.2) is 0 Å². The third-order valence-electron chi connectivity index (χ3n) is 4.24. The second-order valence-electron chi connectivity index (χ2n) is 5.83. The molecule has 1 aliphatic heterocycles. The number of hydrogen-bond acceptors (Lipinski definition) is 5. The minimum absolute atomic E-state index is 0.244. The van der Waals surface area contributed by atoms with Gasteiger partial charge in [0, 0.05) is 5.92 Å². The second-order valence-corrected chi connectivity index (χ2v) is 5.83. The normalized spacial score (nSPS) is 24.1. The standard InChI is InChI=1S/C15H19N3O2/c1-2-8-18(10-12-4-3-9-19-12)13(5-1)15-16-14(17-20-15)11-6-7-11/h3-4,9,11,13H,1-2,5-8,10H2. The Bertz CT molecular complexity index is 559. The van der Waals surface area contributed by atoms with Crippen LogP contribution in [0.5, 0.6) is 0 Å². The van der Waals surface area contributed by atoms with Crippen LogP contribution in [0.4, 0.5) is 0 Å². The van der Waals surface area contributed by atoms with Gasteiger partial charge in [0.2, 0.25) is 5.89 Å². The van der Waals surface area contributed by atoms with Crippen molar-refractivity contribution < 1.29 is 8.94 Å². The molecule has 20 heavy (non-hydrogen) atoms. The van der Waals surface area contributed by atoms with Crippen LogP contribution in [0.3, 0.4) is 0 Å². The molecule has 1 saturated carbocycles. The van der Waals surface area contributed by atoms with Crippen LogP contribution >= 0.6 is 0 Å². The summed E-state index contributed by atoms with van der Waals surface area (Å²) < 4.78 is 11.0. The van der Waals surface area contributed by atoms with Gasteiger partial charge in [0.1, 0.15) is 5.76 Å². The highest BCUT2D eigenvalue weighted by Crippen LogP contribution is 2.39. The molecule has 5 nitrogen and oxygen atoms in total. The van der Waals surface area contributed by atoms with Crippen molar-refractivity contribution in [2.24, 2.45) is 0 Å². The first-order valence-corrected chi connectivity index (χ1v) is 7.50. The van der Waals surface area contributed by atoms with Crippen molar-refractivity contribution in [2.75, 3.05) is 6.54 Å². The molecule has 0 radical (unpaired) electrons. The third-order valence-corrected chi connectivity index (χ3v) is 4.24. The van der Waals surface area contributed by atoms with Gasteiger partial charge in [-0.05, 0) is 44.4 Å². The number of rotatable bonds is 4. The van der Waals surface area contributed by atoms with Gasteiger partial charge in [-0.1, -0.05) is 11.6 Å². The molecule has 2 fully saturated rings. The van der Waals surface area contributed by atoms with E-state index in [4.69, 9.17) is 8.94 Å². The van der Waals surface area contributed by atoms with Gasteiger partial charge in [0.15, 0.2) is 5.82 Å². The Morgan fingerprint density at radius 2 is 2.20 bits per heavy atom. The van der Waals surface area contributed by atoms with E-state index in [0.717, 1.165) is 37.0 Å². The fourth-order valence-electron chi connectivity index (χ4n) is 2.95. The van der Waals surface area contributed by atoms with Crippen LogP contribution in [0.2, 0.25) is 0 Å². The smallest absolute Gasteiger partial charge is 0.244 e. The minimum Gasteiger partial charge on any atom is -0.468 e. The summed E-state index contributed by atoms with van der Waals surface area (Å²) in [5.74, 6) is 3.25. The van der Waals surface area contributed by atoms with Crippen LogP contribution in [-0.4, -0.2) is 21.6 Å². The summed E-state index contributed by atoms with van der Waals surface area (Å²) in [6.07, 6.45) is 7.68. The van der Waals surface area contributed by atoms with Gasteiger partial charge >= 0.3 is 0 Å². The van der Waals surface area contributed by atoms with Crippen molar-refractivity contribution in [3.8, 4) is 0 Å². The zero-order chi connectivity index (χ0) is 13.4. The van der Waals surface area contributed by atoms with Gasteiger partial charge < -0.3 is 8.94 Å². The zero-order valence-corrected chi connectivity index (χ0v) is 11.5. The highest BCUT2D eigenvalue weighted by atomic mass is 16.5. The highest BCUT2D eigenvalue weighted by Gasteiger charge is 2.33. The average Bonchev–Trinajstić information content (AvgIpc) is 3.00. The van der Waals surface area contributed by atoms with Crippen LogP contribution in [-0.2, 0) is 6.54 Å². The fourth-order valence-corrected chi connectivity index (χ4v) is 2.95. The molecule has 1 atom stereocenters. The van der Waals surface area contributed by atoms with E-state index in [-0.39, 0.29) is 6.04 Å². The third kappa shape index (κ3) is 2.38. The lowest BCUT2D eigenvalue weighted by Gasteiger charge is -2.32. The average molecular weight is 273 g/mol. The first kappa shape index (κ1) is 12.1. The van der Waals surface area contributed by atoms with E-state index in [1.165, 1.54) is 25.7 Å². The zero-order valence-electron chi connectivity index (χ0n) is 11.5. The van der Waals surface area contributed by atoms with E-state index in [2.05, 4.69) is 15.0 Å². The monoisotopic (exact) mass is 273 g/mol. The number of furan rings is 1. The fraction of sp³-hybridized carbons (Fsp3) is 0.600. The first-order valence-electron chi connectivity index (χ1n) is 7.50. The highest BCUT2D eigenvalue weighted by molar-refractivity contribution is 5.06. The largest absolute Gasteiger partial charge is 0.468 e. The lowest BCUT2D eigenvalue weighted by Crippen LogP contribution is -2.33. The van der Waals surface area contributed by atoms with E-state index >= 15 is 0 Å². The topological polar surface area (TPSA) is 55.3 Å². The van der Waals surface area contributed by atoms with Gasteiger partial charge in [-0.3, -0.25) is 4.90 Å². The minimum atomic E-state index is 0.244. The van der Waals surface area contributed by atoms with Crippen LogP contribution in [0.1, 0.15) is 61.5 Å². The van der Waals surface area contributed by atoms with Crippen molar-refractivity contribution in [1.82, 2.24) is 15.0 Å². The molecular weight excluding hydrogens is 254 g/mol. The van der Waals surface area contributed by atoms with Gasteiger partial charge in [-0.2, -0.15) is 4.98 Å². The van der Waals surface area contributed by atoms with Crippen molar-refractivity contribution in [3.63, 3.8) is 0 Å². The summed E-state index contributed by atoms with van der Waals surface area (Å²) in [6.45, 7) is 1.88. The number of piperidine rings is 1. The molecule has 1 saturated heterocycles. The van der Waals surface area contributed by atoms with Crippen molar-refractivity contribution in [2.45, 2.75) is 50.6 Å². The van der Waals surface area contributed by atoms with Crippen LogP contribution in [0.25, 0.3) is 0 Å². The van der Waals surface area contributed by atoms with Crippen molar-refractivity contribution in [3.05, 3.63) is 35.9 Å². The van der Waals surface area contributed by atoms with E-state index < -0.39 is 0 Å². The Balaban J connectivity index is 1.53. The molecule has 5 heteroatoms. The molecule has 106 valence electrons. The molecule has 0 spiro atoms. The Morgan fingerprint density at radius 3 is 3.00 bits per heavy atom. The molecule has 4 rings (SSSR count). The van der Waals surface area contributed by atoms with E-state index in [1.54, 1.807) is 6.26 Å². The van der Waals surface area contributed by atoms with E-state index in [1.807, 2.05) is 12.1 Å². The maximum atomic E-state index is 5.52. The summed E-state index contributed by atoms with van der Waals surface area (Å²) in [6, 6.07) is 4.20. The summed E-state index contributed by atoms with van der Waals surface area (Å²) in [4.78, 5) is 7.02. The van der Waals surface area contributed by atoms with Crippen LogP contribution < -0.4 is 0 Å². The molecule has 2 aliphatic rings. The maximum absolute atomic E-state index is 5.52. The molecule has 2 aromatic rings. The molecule has 0 N–H and O–H groups in total. The molecule has 0 bridgehead atoms. The van der Waals surface area contributed by atoms with E-state index in [9.17, 15) is 0 Å². The lowest BCUT2D eigenvalue weighted by atomic mass is 10.0. The quantitative estimate of drug-likeness (QED) is 0.855. The molecule has 1 unspecified atom stereocenters. The SMILES string of the molecule is c1coc(CN2CCCCC2c2nc(C3CC3)no2)c1. The molecule has 0 amide bonds. The van der Waals surface area contributed by atoms with Crippen molar-refractivity contribution >= 4 is 0 Å². The Labute approximate surface area is 118 Å². The maximum Gasteiger partial charge on any atom is 0.244 e. The number of nitrogens with zero attached hydrogens (tertiary/aromatic N) is 3. The predicted octanol–water partition coefficient (Wildman–Crippen LogP) is 3.27. The summed E-state index contributed by atoms with van der Waals surface area (Å²) in [5.41, 5.74) is 0. The molecule has 0 aromatic carbocycles. The summed E-state index contributed by atoms with van der Waals surface area (Å²) in [5, 5.41) is 4.15. The van der Waals surface area contributed by atoms with Gasteiger partial charge in [0.05, 0.1) is 18.8 Å². The molecule has 3 heterocycles. The first-order chi connectivity index (χ1) is 9.90. The number of hydrogen-bond donors (Lipinski definition) is 0. The van der Waals surface area contributed by atoms with Crippen LogP contribution in [0, 0.1) is 0 Å². The second kappa shape index (κ2) is 5.05. The van der Waals surface area contributed by atoms with Gasteiger partial charge in [0.25, 0.3) is 0 Å². The van der Waals surface area contributed by atoms with Crippen LogP contribution in [0.15, 0.2) is 27.3 Å². The number of likely N-dealkylation sites (tertiary alicyclic amines) is 1. The Kier molecular flexibility index (Phi) is 3.07. The lowest BCUT2D eigenvalue weighted by molar-refractivity contribution is 0.103. The Morgan fingerprint density at radius 1 is 1.25 bits per heavy atom. The molecular formula is C15H19N3O2. The van der Waals surface area contributed by atoms with Gasteiger partial charge in [-0.15, -0.1) is 0 Å². The number of aromatic nitrogens is 2. The van der Waals surface area contributed by atoms with Crippen molar-refractivity contribution in [1.29, 1.82) is 0 Å². The molecule has 1 aliphatic carbocycles. The molecule has 2 aromatic heterocycles. The van der Waals surface area contributed by atoms with E-state index in [0.29, 0.717) is 5.92 Å². The predicted molar refractivity (Wildman–Crippen MR) is 72.0 cm³/mol. The summed E-state index contributed by atoms with van der Waals surface area (Å²) in [7, 11) is 0.